The van der Waals surface area contributed by atoms with Crippen molar-refractivity contribution >= 4 is 17.8 Å². The maximum absolute atomic E-state index is 11.1. The molecule has 0 saturated heterocycles. The van der Waals surface area contributed by atoms with Crippen molar-refractivity contribution in [3.63, 3.8) is 0 Å². The van der Waals surface area contributed by atoms with Crippen LogP contribution in [0.25, 0.3) is 0 Å². The number of hydrogen-bond donors (Lipinski definition) is 0. The average molecular weight is 199 g/mol. The fourth-order valence-electron chi connectivity index (χ4n) is 1.34. The number of benzene rings is 1. The Morgan fingerprint density at radius 1 is 1.54 bits per heavy atom. The molecule has 1 aliphatic rings. The highest BCUT2D eigenvalue weighted by Gasteiger charge is 2.20. The molecule has 2 rings (SSSR count). The molecule has 0 bridgehead atoms. The third kappa shape index (κ3) is 1.53. The second-order valence-electron chi connectivity index (χ2n) is 2.82. The van der Waals surface area contributed by atoms with Gasteiger partial charge in [0.1, 0.15) is 6.61 Å². The molecule has 0 amide bonds. The Hall–Kier alpha value is -1.06. The van der Waals surface area contributed by atoms with E-state index in [1.54, 1.807) is 12.1 Å². The van der Waals surface area contributed by atoms with Crippen molar-refractivity contribution in [2.45, 2.75) is 13.2 Å². The molecule has 0 N–H and O–H groups in total. The summed E-state index contributed by atoms with van der Waals surface area (Å²) in [4.78, 5) is 11.1. The van der Waals surface area contributed by atoms with Gasteiger partial charge in [-0.1, -0.05) is 6.07 Å². The maximum atomic E-state index is 11.1. The predicted octanol–water partition coefficient (Wildman–Crippen LogP) is 2.03. The molecule has 0 unspecified atom stereocenters. The summed E-state index contributed by atoms with van der Waals surface area (Å²) in [6.45, 7) is 0.688. The lowest BCUT2D eigenvalue weighted by molar-refractivity contribution is 0.0535. The lowest BCUT2D eigenvalue weighted by Crippen LogP contribution is -1.94. The van der Waals surface area contributed by atoms with E-state index in [0.29, 0.717) is 18.8 Å². The van der Waals surface area contributed by atoms with Gasteiger partial charge >= 0.3 is 5.97 Å². The van der Waals surface area contributed by atoms with E-state index in [-0.39, 0.29) is 5.97 Å². The van der Waals surface area contributed by atoms with Crippen molar-refractivity contribution in [3.05, 3.63) is 34.9 Å². The zero-order chi connectivity index (χ0) is 9.26. The molecule has 0 radical (unpaired) electrons. The quantitative estimate of drug-likeness (QED) is 0.683. The standard InChI is InChI=1S/C9H7ClO3/c10-13-4-6-1-2-8-7(3-6)5-12-9(8)11/h1-3H,4-5H2. The van der Waals surface area contributed by atoms with Crippen LogP contribution in [0.5, 0.6) is 0 Å². The van der Waals surface area contributed by atoms with E-state index >= 15 is 0 Å². The Balaban J connectivity index is 2.34. The molecule has 0 fully saturated rings. The molecule has 0 atom stereocenters. The Bertz CT molecular complexity index is 349. The summed E-state index contributed by atoms with van der Waals surface area (Å²) in [7, 11) is 0. The van der Waals surface area contributed by atoms with Gasteiger partial charge in [0, 0.05) is 5.56 Å². The molecule has 1 heterocycles. The van der Waals surface area contributed by atoms with Crippen molar-refractivity contribution in [1.29, 1.82) is 0 Å². The van der Waals surface area contributed by atoms with Gasteiger partial charge in [-0.25, -0.2) is 4.79 Å². The van der Waals surface area contributed by atoms with Crippen LogP contribution < -0.4 is 0 Å². The minimum atomic E-state index is -0.256. The largest absolute Gasteiger partial charge is 0.457 e. The zero-order valence-electron chi connectivity index (χ0n) is 6.75. The van der Waals surface area contributed by atoms with Crippen LogP contribution in [0.15, 0.2) is 18.2 Å². The second kappa shape index (κ2) is 3.36. The Kier molecular flexibility index (Phi) is 2.20. The summed E-state index contributed by atoms with van der Waals surface area (Å²) in [5.41, 5.74) is 2.47. The number of esters is 1. The number of hydrogen-bond acceptors (Lipinski definition) is 3. The number of ether oxygens (including phenoxy) is 1. The first-order chi connectivity index (χ1) is 6.31. The van der Waals surface area contributed by atoms with Gasteiger partial charge in [0.15, 0.2) is 0 Å². The molecule has 1 aromatic rings. The summed E-state index contributed by atoms with van der Waals surface area (Å²) >= 11 is 5.12. The molecular formula is C9H7ClO3. The highest BCUT2D eigenvalue weighted by Crippen LogP contribution is 2.21. The number of carbonyl (C=O) groups excluding carboxylic acids is 1. The Morgan fingerprint density at radius 3 is 3.15 bits per heavy atom. The molecule has 1 aromatic carbocycles. The Labute approximate surface area is 80.4 Å². The van der Waals surface area contributed by atoms with Gasteiger partial charge in [0.2, 0.25) is 0 Å². The first-order valence-corrected chi connectivity index (χ1v) is 4.14. The topological polar surface area (TPSA) is 35.5 Å². The van der Waals surface area contributed by atoms with Gasteiger partial charge in [-0.3, -0.25) is 4.29 Å². The molecule has 3 nitrogen and oxygen atoms in total. The van der Waals surface area contributed by atoms with Gasteiger partial charge in [-0.05, 0) is 17.7 Å². The van der Waals surface area contributed by atoms with Crippen LogP contribution in [0, 0.1) is 0 Å². The van der Waals surface area contributed by atoms with Gasteiger partial charge in [-0.2, -0.15) is 0 Å². The van der Waals surface area contributed by atoms with Crippen LogP contribution in [0.1, 0.15) is 21.5 Å². The first-order valence-electron chi connectivity index (χ1n) is 3.84. The lowest BCUT2D eigenvalue weighted by Gasteiger charge is -1.98. The van der Waals surface area contributed by atoms with Gasteiger partial charge < -0.3 is 4.74 Å². The van der Waals surface area contributed by atoms with E-state index in [0.717, 1.165) is 11.1 Å². The summed E-state index contributed by atoms with van der Waals surface area (Å²) < 4.78 is 9.30. The molecule has 0 aromatic heterocycles. The molecule has 1 aliphatic heterocycles. The van der Waals surface area contributed by atoms with E-state index in [1.165, 1.54) is 0 Å². The SMILES string of the molecule is O=C1OCc2cc(COCl)ccc21. The minimum Gasteiger partial charge on any atom is -0.457 e. The van der Waals surface area contributed by atoms with Crippen LogP contribution in [0.4, 0.5) is 0 Å². The third-order valence-corrected chi connectivity index (χ3v) is 2.08. The zero-order valence-corrected chi connectivity index (χ0v) is 7.50. The van der Waals surface area contributed by atoms with Crippen molar-refractivity contribution in [2.75, 3.05) is 0 Å². The van der Waals surface area contributed by atoms with Crippen molar-refractivity contribution in [1.82, 2.24) is 0 Å². The van der Waals surface area contributed by atoms with Crippen LogP contribution in [0.2, 0.25) is 0 Å². The molecule has 0 saturated carbocycles. The van der Waals surface area contributed by atoms with Crippen LogP contribution in [0.3, 0.4) is 0 Å². The Morgan fingerprint density at radius 2 is 2.38 bits per heavy atom. The molecule has 0 spiro atoms. The van der Waals surface area contributed by atoms with E-state index in [4.69, 9.17) is 16.6 Å². The summed E-state index contributed by atoms with van der Waals surface area (Å²) in [5, 5.41) is 0. The monoisotopic (exact) mass is 198 g/mol. The van der Waals surface area contributed by atoms with Crippen LogP contribution in [-0.2, 0) is 22.2 Å². The fourth-order valence-corrected chi connectivity index (χ4v) is 1.47. The summed E-state index contributed by atoms with van der Waals surface area (Å²) in [6, 6.07) is 5.40. The molecule has 13 heavy (non-hydrogen) atoms. The smallest absolute Gasteiger partial charge is 0.338 e. The van der Waals surface area contributed by atoms with Crippen LogP contribution in [-0.4, -0.2) is 5.97 Å². The van der Waals surface area contributed by atoms with E-state index < -0.39 is 0 Å². The third-order valence-electron chi connectivity index (χ3n) is 1.97. The van der Waals surface area contributed by atoms with E-state index in [2.05, 4.69) is 4.29 Å². The second-order valence-corrected chi connectivity index (χ2v) is 3.04. The number of rotatable bonds is 2. The van der Waals surface area contributed by atoms with Gasteiger partial charge in [0.05, 0.1) is 24.0 Å². The highest BCUT2D eigenvalue weighted by atomic mass is 35.5. The summed E-state index contributed by atoms with van der Waals surface area (Å²) in [5.74, 6) is -0.256. The molecule has 4 heteroatoms. The molecular weight excluding hydrogens is 192 g/mol. The number of halogens is 1. The predicted molar refractivity (Wildman–Crippen MR) is 46.2 cm³/mol. The van der Waals surface area contributed by atoms with E-state index in [1.807, 2.05) is 6.07 Å². The minimum absolute atomic E-state index is 0.256. The lowest BCUT2D eigenvalue weighted by atomic mass is 10.1. The molecule has 68 valence electrons. The fraction of sp³-hybridized carbons (Fsp3) is 0.222. The van der Waals surface area contributed by atoms with Crippen molar-refractivity contribution in [2.24, 2.45) is 0 Å². The highest BCUT2D eigenvalue weighted by molar-refractivity contribution is 6.07. The number of cyclic esters (lactones) is 1. The molecule has 0 aliphatic carbocycles. The van der Waals surface area contributed by atoms with Gasteiger partial charge in [-0.15, -0.1) is 0 Å². The summed E-state index contributed by atoms with van der Waals surface area (Å²) in [6.07, 6.45) is 0. The van der Waals surface area contributed by atoms with Gasteiger partial charge in [0.25, 0.3) is 0 Å². The average Bonchev–Trinajstić information content (AvgIpc) is 2.48. The van der Waals surface area contributed by atoms with Crippen LogP contribution >= 0.6 is 11.9 Å². The first kappa shape index (κ1) is 8.53. The van der Waals surface area contributed by atoms with Crippen molar-refractivity contribution in [3.8, 4) is 0 Å². The normalized spacial score (nSPS) is 14.1. The van der Waals surface area contributed by atoms with E-state index in [9.17, 15) is 4.79 Å². The maximum Gasteiger partial charge on any atom is 0.338 e. The number of fused-ring (bicyclic) bond motifs is 1. The van der Waals surface area contributed by atoms with Crippen molar-refractivity contribution < 1.29 is 13.8 Å². The number of carbonyl (C=O) groups is 1.